The maximum atomic E-state index is 3.65. The molecule has 1 saturated heterocycles. The van der Waals surface area contributed by atoms with Crippen LogP contribution >= 0.6 is 15.9 Å². The fraction of sp³-hybridized carbons (Fsp3) is 0.600. The van der Waals surface area contributed by atoms with Gasteiger partial charge in [0.15, 0.2) is 0 Å². The van der Waals surface area contributed by atoms with Gasteiger partial charge in [-0.2, -0.15) is 0 Å². The third-order valence-electron chi connectivity index (χ3n) is 3.53. The van der Waals surface area contributed by atoms with Crippen LogP contribution in [-0.2, 0) is 6.54 Å². The van der Waals surface area contributed by atoms with Gasteiger partial charge in [-0.25, -0.2) is 0 Å². The highest BCUT2D eigenvalue weighted by molar-refractivity contribution is 9.10. The Morgan fingerprint density at radius 1 is 1.39 bits per heavy atom. The second-order valence-corrected chi connectivity index (χ2v) is 5.97. The summed E-state index contributed by atoms with van der Waals surface area (Å²) < 4.78 is 1.23. The predicted octanol–water partition coefficient (Wildman–Crippen LogP) is 3.41. The van der Waals surface area contributed by atoms with Crippen molar-refractivity contribution in [1.29, 1.82) is 0 Å². The van der Waals surface area contributed by atoms with Crippen LogP contribution in [0.3, 0.4) is 0 Å². The number of benzene rings is 1. The Morgan fingerprint density at radius 2 is 2.22 bits per heavy atom. The van der Waals surface area contributed by atoms with E-state index in [1.54, 1.807) is 0 Å². The molecule has 0 spiro atoms. The molecule has 1 atom stereocenters. The Labute approximate surface area is 119 Å². The number of nitrogens with one attached hydrogen (secondary N) is 1. The Balaban J connectivity index is 1.94. The summed E-state index contributed by atoms with van der Waals surface area (Å²) in [6, 6.07) is 9.25. The first-order valence-corrected chi connectivity index (χ1v) is 7.78. The van der Waals surface area contributed by atoms with E-state index < -0.39 is 0 Å². The summed E-state index contributed by atoms with van der Waals surface area (Å²) in [7, 11) is 0. The third kappa shape index (κ3) is 4.08. The van der Waals surface area contributed by atoms with Crippen molar-refractivity contribution >= 4 is 15.9 Å². The number of hydrogen-bond donors (Lipinski definition) is 1. The van der Waals surface area contributed by atoms with Crippen molar-refractivity contribution in [3.63, 3.8) is 0 Å². The Kier molecular flexibility index (Phi) is 5.67. The minimum atomic E-state index is 0.694. The lowest BCUT2D eigenvalue weighted by Gasteiger charge is -2.25. The van der Waals surface area contributed by atoms with E-state index in [9.17, 15) is 0 Å². The summed E-state index contributed by atoms with van der Waals surface area (Å²) in [6.07, 6.45) is 3.88. The molecule has 0 radical (unpaired) electrons. The Hall–Kier alpha value is -0.380. The number of hydrogen-bond acceptors (Lipinski definition) is 2. The zero-order chi connectivity index (χ0) is 12.8. The molecular weight excluding hydrogens is 288 g/mol. The van der Waals surface area contributed by atoms with Gasteiger partial charge in [-0.15, -0.1) is 0 Å². The van der Waals surface area contributed by atoms with Crippen molar-refractivity contribution in [2.75, 3.05) is 19.6 Å². The summed E-state index contributed by atoms with van der Waals surface area (Å²) in [5.41, 5.74) is 1.39. The van der Waals surface area contributed by atoms with Crippen molar-refractivity contribution in [3.8, 4) is 0 Å². The highest BCUT2D eigenvalue weighted by atomic mass is 79.9. The van der Waals surface area contributed by atoms with E-state index in [1.807, 2.05) is 0 Å². The topological polar surface area (TPSA) is 15.3 Å². The van der Waals surface area contributed by atoms with Crippen LogP contribution in [0.5, 0.6) is 0 Å². The molecule has 1 aliphatic heterocycles. The SMILES string of the molecule is CCCN(Cc1ccccc1Br)CC1CCCN1. The average Bonchev–Trinajstić information content (AvgIpc) is 2.85. The molecule has 100 valence electrons. The molecule has 2 nitrogen and oxygen atoms in total. The zero-order valence-corrected chi connectivity index (χ0v) is 12.7. The van der Waals surface area contributed by atoms with Crippen LogP contribution in [0, 0.1) is 0 Å². The van der Waals surface area contributed by atoms with Crippen LogP contribution in [0.15, 0.2) is 28.7 Å². The van der Waals surface area contributed by atoms with E-state index in [-0.39, 0.29) is 0 Å². The van der Waals surface area contributed by atoms with E-state index >= 15 is 0 Å². The van der Waals surface area contributed by atoms with E-state index in [0.29, 0.717) is 6.04 Å². The molecule has 0 saturated carbocycles. The van der Waals surface area contributed by atoms with E-state index in [1.165, 1.54) is 48.9 Å². The van der Waals surface area contributed by atoms with Gasteiger partial charge in [-0.3, -0.25) is 4.90 Å². The van der Waals surface area contributed by atoms with E-state index in [0.717, 1.165) is 6.54 Å². The van der Waals surface area contributed by atoms with Gasteiger partial charge in [0.2, 0.25) is 0 Å². The minimum Gasteiger partial charge on any atom is -0.313 e. The maximum Gasteiger partial charge on any atom is 0.0245 e. The lowest BCUT2D eigenvalue weighted by Crippen LogP contribution is -2.37. The summed E-state index contributed by atoms with van der Waals surface area (Å²) in [4.78, 5) is 2.57. The van der Waals surface area contributed by atoms with Gasteiger partial charge in [-0.05, 0) is 44.0 Å². The molecule has 1 aliphatic rings. The van der Waals surface area contributed by atoms with Gasteiger partial charge in [-0.1, -0.05) is 41.1 Å². The van der Waals surface area contributed by atoms with Crippen molar-refractivity contribution in [2.24, 2.45) is 0 Å². The predicted molar refractivity (Wildman–Crippen MR) is 80.7 cm³/mol. The normalized spacial score (nSPS) is 19.6. The molecular formula is C15H23BrN2. The highest BCUT2D eigenvalue weighted by Crippen LogP contribution is 2.18. The second kappa shape index (κ2) is 7.27. The summed E-state index contributed by atoms with van der Waals surface area (Å²) in [6.45, 7) is 6.86. The second-order valence-electron chi connectivity index (χ2n) is 5.12. The van der Waals surface area contributed by atoms with E-state index in [4.69, 9.17) is 0 Å². The van der Waals surface area contributed by atoms with Gasteiger partial charge < -0.3 is 5.32 Å². The first kappa shape index (κ1) is 14.0. The van der Waals surface area contributed by atoms with E-state index in [2.05, 4.69) is 57.3 Å². The van der Waals surface area contributed by atoms with Crippen LogP contribution < -0.4 is 5.32 Å². The number of rotatable bonds is 6. The van der Waals surface area contributed by atoms with Crippen LogP contribution in [0.4, 0.5) is 0 Å². The largest absolute Gasteiger partial charge is 0.313 e. The molecule has 18 heavy (non-hydrogen) atoms. The van der Waals surface area contributed by atoms with Crippen molar-refractivity contribution in [2.45, 2.75) is 38.8 Å². The highest BCUT2D eigenvalue weighted by Gasteiger charge is 2.17. The van der Waals surface area contributed by atoms with Crippen molar-refractivity contribution in [3.05, 3.63) is 34.3 Å². The first-order chi connectivity index (χ1) is 8.79. The number of halogens is 1. The van der Waals surface area contributed by atoms with Gasteiger partial charge in [0.25, 0.3) is 0 Å². The molecule has 1 N–H and O–H groups in total. The maximum absolute atomic E-state index is 3.65. The lowest BCUT2D eigenvalue weighted by molar-refractivity contribution is 0.241. The molecule has 0 amide bonds. The van der Waals surface area contributed by atoms with Crippen LogP contribution in [0.25, 0.3) is 0 Å². The monoisotopic (exact) mass is 310 g/mol. The quantitative estimate of drug-likeness (QED) is 0.866. The van der Waals surface area contributed by atoms with Gasteiger partial charge in [0, 0.05) is 23.6 Å². The zero-order valence-electron chi connectivity index (χ0n) is 11.2. The molecule has 2 rings (SSSR count). The summed E-state index contributed by atoms with van der Waals surface area (Å²) in [5.74, 6) is 0. The summed E-state index contributed by atoms with van der Waals surface area (Å²) in [5, 5.41) is 3.59. The Bertz CT molecular complexity index is 361. The van der Waals surface area contributed by atoms with Crippen LogP contribution in [0.1, 0.15) is 31.7 Å². The lowest BCUT2D eigenvalue weighted by atomic mass is 10.1. The van der Waals surface area contributed by atoms with Crippen molar-refractivity contribution < 1.29 is 0 Å². The fourth-order valence-electron chi connectivity index (χ4n) is 2.64. The fourth-order valence-corrected chi connectivity index (χ4v) is 3.05. The molecule has 3 heteroatoms. The molecule has 0 aromatic heterocycles. The van der Waals surface area contributed by atoms with Crippen LogP contribution in [0.2, 0.25) is 0 Å². The van der Waals surface area contributed by atoms with Crippen LogP contribution in [-0.4, -0.2) is 30.6 Å². The molecule has 1 fully saturated rings. The third-order valence-corrected chi connectivity index (χ3v) is 4.31. The Morgan fingerprint density at radius 3 is 2.89 bits per heavy atom. The molecule has 1 heterocycles. The smallest absolute Gasteiger partial charge is 0.0245 e. The molecule has 1 unspecified atom stereocenters. The average molecular weight is 311 g/mol. The molecule has 1 aromatic carbocycles. The first-order valence-electron chi connectivity index (χ1n) is 6.98. The minimum absolute atomic E-state index is 0.694. The standard InChI is InChI=1S/C15H23BrN2/c1-2-10-18(12-14-7-5-9-17-14)11-13-6-3-4-8-15(13)16/h3-4,6,8,14,17H,2,5,7,9-12H2,1H3. The molecule has 0 bridgehead atoms. The van der Waals surface area contributed by atoms with Crippen molar-refractivity contribution in [1.82, 2.24) is 10.2 Å². The molecule has 0 aliphatic carbocycles. The summed E-state index contributed by atoms with van der Waals surface area (Å²) >= 11 is 3.65. The number of nitrogens with zero attached hydrogens (tertiary/aromatic N) is 1. The van der Waals surface area contributed by atoms with Gasteiger partial charge in [0.1, 0.15) is 0 Å². The molecule has 1 aromatic rings. The van der Waals surface area contributed by atoms with Gasteiger partial charge in [0.05, 0.1) is 0 Å². The van der Waals surface area contributed by atoms with Gasteiger partial charge >= 0.3 is 0 Å².